The molecule has 3 aliphatic heterocycles. The largest absolute Gasteiger partial charge is 0.465 e. The van der Waals surface area contributed by atoms with E-state index in [1.54, 1.807) is 6.92 Å². The van der Waals surface area contributed by atoms with Gasteiger partial charge in [0.1, 0.15) is 6.54 Å². The topological polar surface area (TPSA) is 113 Å². The van der Waals surface area contributed by atoms with E-state index in [0.717, 1.165) is 59.4 Å². The highest BCUT2D eigenvalue weighted by molar-refractivity contribution is 5.80. The molecule has 3 aliphatic rings. The Kier molecular flexibility index (Phi) is 12.3. The molecule has 0 bridgehead atoms. The molecule has 3 fully saturated rings. The first-order valence-electron chi connectivity index (χ1n) is 17.8. The molecule has 2 amide bonds. The summed E-state index contributed by atoms with van der Waals surface area (Å²) in [6.07, 6.45) is 5.30. The standard InChI is InChI=1S/C39H50N4O6/c1-2-47-37(45)24-41-39(46)40-23-29-7-5-8-33(21-29)30-14-16-32(17-15-30)38-48-35(22-36(49-38)31-12-10-28(27-44)11-13-31)26-43-20-6-9-34(43)25-42-18-3-4-19-42/h5,7-8,10-17,21,34-36,38,44H,2-4,6,9,18-20,22-27H2,1H3,(H2,40,41,46)/t34-,35-,36+,38+/m0/s1. The number of rotatable bonds is 13. The molecule has 4 atom stereocenters. The van der Waals surface area contributed by atoms with Crippen molar-refractivity contribution in [1.82, 2.24) is 20.4 Å². The van der Waals surface area contributed by atoms with Crippen LogP contribution in [0.5, 0.6) is 0 Å². The number of nitrogens with one attached hydrogen (secondary N) is 2. The molecule has 0 radical (unpaired) electrons. The number of ether oxygens (including phenoxy) is 3. The van der Waals surface area contributed by atoms with Crippen LogP contribution in [0.4, 0.5) is 4.79 Å². The zero-order valence-electron chi connectivity index (χ0n) is 28.5. The van der Waals surface area contributed by atoms with Crippen molar-refractivity contribution < 1.29 is 28.9 Å². The van der Waals surface area contributed by atoms with Gasteiger partial charge >= 0.3 is 12.0 Å². The van der Waals surface area contributed by atoms with Gasteiger partial charge in [0.05, 0.1) is 25.4 Å². The van der Waals surface area contributed by atoms with Gasteiger partial charge in [-0.2, -0.15) is 0 Å². The maximum Gasteiger partial charge on any atom is 0.325 e. The summed E-state index contributed by atoms with van der Waals surface area (Å²) in [5.41, 5.74) is 5.97. The van der Waals surface area contributed by atoms with Gasteiger partial charge in [-0.25, -0.2) is 4.79 Å². The van der Waals surface area contributed by atoms with Gasteiger partial charge in [-0.3, -0.25) is 9.69 Å². The van der Waals surface area contributed by atoms with Gasteiger partial charge < -0.3 is 34.9 Å². The Bertz CT molecular complexity index is 1510. The van der Waals surface area contributed by atoms with Crippen molar-refractivity contribution in [2.75, 3.05) is 45.9 Å². The summed E-state index contributed by atoms with van der Waals surface area (Å²) < 4.78 is 18.2. The van der Waals surface area contributed by atoms with Crippen molar-refractivity contribution >= 4 is 12.0 Å². The van der Waals surface area contributed by atoms with E-state index in [1.807, 2.05) is 36.4 Å². The number of hydrogen-bond donors (Lipinski definition) is 3. The molecule has 49 heavy (non-hydrogen) atoms. The maximum absolute atomic E-state index is 12.1. The van der Waals surface area contributed by atoms with Gasteiger partial charge in [-0.15, -0.1) is 0 Å². The third-order valence-electron chi connectivity index (χ3n) is 9.81. The summed E-state index contributed by atoms with van der Waals surface area (Å²) >= 11 is 0. The first-order valence-corrected chi connectivity index (χ1v) is 17.8. The zero-order valence-corrected chi connectivity index (χ0v) is 28.5. The van der Waals surface area contributed by atoms with E-state index >= 15 is 0 Å². The van der Waals surface area contributed by atoms with Crippen LogP contribution >= 0.6 is 0 Å². The van der Waals surface area contributed by atoms with Crippen LogP contribution in [0.15, 0.2) is 72.8 Å². The van der Waals surface area contributed by atoms with Gasteiger partial charge in [0.15, 0.2) is 6.29 Å². The average Bonchev–Trinajstić information content (AvgIpc) is 3.82. The molecule has 0 aromatic heterocycles. The number of carbonyl (C=O) groups is 2. The Morgan fingerprint density at radius 2 is 1.63 bits per heavy atom. The van der Waals surface area contributed by atoms with E-state index in [1.165, 1.54) is 38.8 Å². The first-order chi connectivity index (χ1) is 24.0. The molecule has 3 heterocycles. The van der Waals surface area contributed by atoms with E-state index in [4.69, 9.17) is 14.2 Å². The van der Waals surface area contributed by atoms with Crippen LogP contribution in [0.25, 0.3) is 11.1 Å². The highest BCUT2D eigenvalue weighted by Crippen LogP contribution is 2.39. The minimum Gasteiger partial charge on any atom is -0.465 e. The predicted octanol–water partition coefficient (Wildman–Crippen LogP) is 5.31. The van der Waals surface area contributed by atoms with Gasteiger partial charge in [-0.1, -0.05) is 66.7 Å². The fourth-order valence-corrected chi connectivity index (χ4v) is 7.20. The monoisotopic (exact) mass is 670 g/mol. The number of benzene rings is 3. The van der Waals surface area contributed by atoms with Crippen molar-refractivity contribution in [3.8, 4) is 11.1 Å². The summed E-state index contributed by atoms with van der Waals surface area (Å²) in [5.74, 6) is -0.469. The lowest BCUT2D eigenvalue weighted by Gasteiger charge is -2.39. The summed E-state index contributed by atoms with van der Waals surface area (Å²) in [6.45, 7) is 7.77. The first kappa shape index (κ1) is 35.0. The minimum absolute atomic E-state index is 0.0196. The molecule has 3 aromatic carbocycles. The van der Waals surface area contributed by atoms with Crippen LogP contribution in [-0.2, 0) is 32.2 Å². The number of nitrogens with zero attached hydrogens (tertiary/aromatic N) is 2. The Hall–Kier alpha value is -3.80. The van der Waals surface area contributed by atoms with E-state index in [0.29, 0.717) is 12.6 Å². The fraction of sp³-hybridized carbons (Fsp3) is 0.487. The average molecular weight is 671 g/mol. The highest BCUT2D eigenvalue weighted by Gasteiger charge is 2.36. The Balaban J connectivity index is 1.12. The van der Waals surface area contributed by atoms with Crippen LogP contribution in [0.1, 0.15) is 73.7 Å². The van der Waals surface area contributed by atoms with Crippen molar-refractivity contribution in [2.24, 2.45) is 0 Å². The molecular weight excluding hydrogens is 620 g/mol. The number of aliphatic hydroxyl groups is 1. The van der Waals surface area contributed by atoms with Crippen LogP contribution in [-0.4, -0.2) is 84.9 Å². The predicted molar refractivity (Wildman–Crippen MR) is 187 cm³/mol. The molecule has 3 aromatic rings. The van der Waals surface area contributed by atoms with Crippen molar-refractivity contribution in [3.63, 3.8) is 0 Å². The second-order valence-electron chi connectivity index (χ2n) is 13.3. The van der Waals surface area contributed by atoms with E-state index in [9.17, 15) is 14.7 Å². The molecule has 262 valence electrons. The van der Waals surface area contributed by atoms with E-state index in [2.05, 4.69) is 56.8 Å². The lowest BCUT2D eigenvalue weighted by molar-refractivity contribution is -0.253. The molecule has 10 nitrogen and oxygen atoms in total. The van der Waals surface area contributed by atoms with Gasteiger partial charge in [-0.05, 0) is 86.1 Å². The molecule has 0 spiro atoms. The van der Waals surface area contributed by atoms with Crippen molar-refractivity contribution in [1.29, 1.82) is 0 Å². The number of hydrogen-bond acceptors (Lipinski definition) is 8. The molecule has 0 aliphatic carbocycles. The Morgan fingerprint density at radius 3 is 2.39 bits per heavy atom. The summed E-state index contributed by atoms with van der Waals surface area (Å²) in [5, 5.41) is 14.9. The molecule has 6 rings (SSSR count). The second-order valence-corrected chi connectivity index (χ2v) is 13.3. The molecule has 0 saturated carbocycles. The number of likely N-dealkylation sites (tertiary alicyclic amines) is 2. The molecule has 3 saturated heterocycles. The summed E-state index contributed by atoms with van der Waals surface area (Å²) in [7, 11) is 0. The Labute approximate surface area is 289 Å². The SMILES string of the molecule is CCOC(=O)CNC(=O)NCc1cccc(-c2ccc([C@@H]3O[C@H](CN4CCC[C@H]4CN4CCCC4)C[C@H](c4ccc(CO)cc4)O3)cc2)c1. The van der Waals surface area contributed by atoms with Crippen molar-refractivity contribution in [3.05, 3.63) is 95.1 Å². The maximum atomic E-state index is 12.1. The second kappa shape index (κ2) is 17.2. The molecule has 0 unspecified atom stereocenters. The van der Waals surface area contributed by atoms with Gasteiger partial charge in [0.25, 0.3) is 0 Å². The highest BCUT2D eigenvalue weighted by atomic mass is 16.7. The number of carbonyl (C=O) groups excluding carboxylic acids is 2. The minimum atomic E-state index is -0.501. The molecule has 10 heteroatoms. The third-order valence-corrected chi connectivity index (χ3v) is 9.81. The van der Waals surface area contributed by atoms with Crippen LogP contribution in [0.3, 0.4) is 0 Å². The Morgan fingerprint density at radius 1 is 0.857 bits per heavy atom. The molecular formula is C39H50N4O6. The number of amides is 2. The van der Waals surface area contributed by atoms with E-state index < -0.39 is 18.3 Å². The van der Waals surface area contributed by atoms with Crippen molar-refractivity contribution in [2.45, 2.75) is 76.7 Å². The normalized spacial score (nSPS) is 23.0. The lowest BCUT2D eigenvalue weighted by atomic mass is 9.98. The lowest BCUT2D eigenvalue weighted by Crippen LogP contribution is -2.45. The van der Waals surface area contributed by atoms with Crippen LogP contribution in [0, 0.1) is 0 Å². The third kappa shape index (κ3) is 9.67. The number of aliphatic hydroxyl groups excluding tert-OH is 1. The summed E-state index contributed by atoms with van der Waals surface area (Å²) in [4.78, 5) is 28.9. The molecule has 3 N–H and O–H groups in total. The number of esters is 1. The number of urea groups is 1. The van der Waals surface area contributed by atoms with E-state index in [-0.39, 0.29) is 32.0 Å². The van der Waals surface area contributed by atoms with Gasteiger partial charge in [0, 0.05) is 37.7 Å². The fourth-order valence-electron chi connectivity index (χ4n) is 7.20. The van der Waals surface area contributed by atoms with Gasteiger partial charge in [0.2, 0.25) is 0 Å². The van der Waals surface area contributed by atoms with Crippen LogP contribution < -0.4 is 10.6 Å². The summed E-state index contributed by atoms with van der Waals surface area (Å²) in [6, 6.07) is 24.6. The van der Waals surface area contributed by atoms with Crippen LogP contribution in [0.2, 0.25) is 0 Å². The quantitative estimate of drug-likeness (QED) is 0.210. The smallest absolute Gasteiger partial charge is 0.325 e. The zero-order chi connectivity index (χ0) is 34.0.